The number of hydrogen-bond acceptors (Lipinski definition) is 5. The van der Waals surface area contributed by atoms with Crippen LogP contribution >= 0.6 is 0 Å². The van der Waals surface area contributed by atoms with Crippen LogP contribution in [-0.2, 0) is 24.1 Å². The molecular formula is C17H20O5S. The Morgan fingerprint density at radius 2 is 1.83 bits per heavy atom. The van der Waals surface area contributed by atoms with Crippen molar-refractivity contribution in [3.05, 3.63) is 54.3 Å². The highest BCUT2D eigenvalue weighted by Crippen LogP contribution is 2.32. The molecule has 0 aromatic heterocycles. The Morgan fingerprint density at radius 3 is 2.35 bits per heavy atom. The van der Waals surface area contributed by atoms with E-state index in [2.05, 4.69) is 0 Å². The van der Waals surface area contributed by atoms with Crippen LogP contribution in [0.3, 0.4) is 0 Å². The lowest BCUT2D eigenvalue weighted by molar-refractivity contribution is -0.141. The number of benzene rings is 1. The number of allylic oxidation sites excluding steroid dienone is 3. The minimum atomic E-state index is -3.87. The molecule has 0 spiro atoms. The standard InChI is InChI=1S/C17H20O5S/c1-12-11-13(21-2)9-10-15(12)16(17(18)22-3)23(19,20)14-7-5-4-6-8-14/h4-12,15-16H,1-3H3/t12-,15+,16?/m1/s1. The van der Waals surface area contributed by atoms with Gasteiger partial charge in [0.05, 0.1) is 19.1 Å². The number of esters is 1. The molecule has 124 valence electrons. The molecule has 0 aliphatic heterocycles. The summed E-state index contributed by atoms with van der Waals surface area (Å²) >= 11 is 0. The van der Waals surface area contributed by atoms with Crippen LogP contribution in [0.25, 0.3) is 0 Å². The van der Waals surface area contributed by atoms with Crippen LogP contribution in [0.1, 0.15) is 6.92 Å². The van der Waals surface area contributed by atoms with Gasteiger partial charge in [0.1, 0.15) is 5.76 Å². The fraction of sp³-hybridized carbons (Fsp3) is 0.353. The Balaban J connectivity index is 2.46. The number of hydrogen-bond donors (Lipinski definition) is 0. The largest absolute Gasteiger partial charge is 0.497 e. The van der Waals surface area contributed by atoms with E-state index in [1.54, 1.807) is 43.5 Å². The summed E-state index contributed by atoms with van der Waals surface area (Å²) in [5.74, 6) is -0.816. The highest BCUT2D eigenvalue weighted by molar-refractivity contribution is 7.92. The highest BCUT2D eigenvalue weighted by Gasteiger charge is 2.43. The fourth-order valence-corrected chi connectivity index (χ4v) is 4.61. The minimum Gasteiger partial charge on any atom is -0.497 e. The van der Waals surface area contributed by atoms with Crippen molar-refractivity contribution in [2.24, 2.45) is 11.8 Å². The molecule has 6 heteroatoms. The van der Waals surface area contributed by atoms with Gasteiger partial charge in [-0.15, -0.1) is 0 Å². The number of carbonyl (C=O) groups excluding carboxylic acids is 1. The molecule has 5 nitrogen and oxygen atoms in total. The molecule has 0 radical (unpaired) electrons. The summed E-state index contributed by atoms with van der Waals surface area (Å²) in [5.41, 5.74) is 0. The van der Waals surface area contributed by atoms with Crippen LogP contribution in [0.4, 0.5) is 0 Å². The monoisotopic (exact) mass is 336 g/mol. The molecule has 23 heavy (non-hydrogen) atoms. The molecule has 2 rings (SSSR count). The zero-order chi connectivity index (χ0) is 17.0. The van der Waals surface area contributed by atoms with Gasteiger partial charge in [0, 0.05) is 5.92 Å². The van der Waals surface area contributed by atoms with Crippen molar-refractivity contribution in [3.8, 4) is 0 Å². The van der Waals surface area contributed by atoms with Crippen molar-refractivity contribution >= 4 is 15.8 Å². The third kappa shape index (κ3) is 3.47. The van der Waals surface area contributed by atoms with Gasteiger partial charge in [-0.2, -0.15) is 0 Å². The quantitative estimate of drug-likeness (QED) is 0.772. The summed E-state index contributed by atoms with van der Waals surface area (Å²) in [7, 11) is -1.12. The summed E-state index contributed by atoms with van der Waals surface area (Å²) in [6.45, 7) is 1.85. The van der Waals surface area contributed by atoms with Crippen LogP contribution in [-0.4, -0.2) is 33.9 Å². The lowest BCUT2D eigenvalue weighted by Gasteiger charge is -2.28. The Kier molecular flexibility index (Phi) is 5.26. The second-order valence-electron chi connectivity index (χ2n) is 5.37. The number of carbonyl (C=O) groups is 1. The van der Waals surface area contributed by atoms with Gasteiger partial charge in [0.15, 0.2) is 15.1 Å². The lowest BCUT2D eigenvalue weighted by atomic mass is 9.86. The molecule has 1 aromatic rings. The van der Waals surface area contributed by atoms with Crippen molar-refractivity contribution in [1.29, 1.82) is 0 Å². The average molecular weight is 336 g/mol. The first kappa shape index (κ1) is 17.3. The summed E-state index contributed by atoms with van der Waals surface area (Å²) in [6.07, 6.45) is 5.19. The summed E-state index contributed by atoms with van der Waals surface area (Å²) in [4.78, 5) is 12.3. The summed E-state index contributed by atoms with van der Waals surface area (Å²) in [6, 6.07) is 7.95. The molecule has 0 saturated carbocycles. The van der Waals surface area contributed by atoms with E-state index in [0.29, 0.717) is 5.76 Å². The molecule has 0 saturated heterocycles. The van der Waals surface area contributed by atoms with Crippen molar-refractivity contribution in [2.45, 2.75) is 17.1 Å². The Hall–Kier alpha value is -2.08. The number of ether oxygens (including phenoxy) is 2. The summed E-state index contributed by atoms with van der Waals surface area (Å²) in [5, 5.41) is -1.30. The van der Waals surface area contributed by atoms with Crippen molar-refractivity contribution < 1.29 is 22.7 Å². The van der Waals surface area contributed by atoms with Crippen LogP contribution in [0.2, 0.25) is 0 Å². The van der Waals surface area contributed by atoms with Gasteiger partial charge in [-0.25, -0.2) is 8.42 Å². The van der Waals surface area contributed by atoms with Crippen molar-refractivity contribution in [3.63, 3.8) is 0 Å². The van der Waals surface area contributed by atoms with Gasteiger partial charge >= 0.3 is 5.97 Å². The second kappa shape index (κ2) is 7.00. The van der Waals surface area contributed by atoms with E-state index in [-0.39, 0.29) is 10.8 Å². The van der Waals surface area contributed by atoms with Crippen molar-refractivity contribution in [1.82, 2.24) is 0 Å². The fourth-order valence-electron chi connectivity index (χ4n) is 2.68. The molecule has 0 heterocycles. The number of rotatable bonds is 5. The number of methoxy groups -OCH3 is 2. The van der Waals surface area contributed by atoms with Crippen LogP contribution in [0.5, 0.6) is 0 Å². The second-order valence-corrected chi connectivity index (χ2v) is 7.44. The highest BCUT2D eigenvalue weighted by atomic mass is 32.2. The SMILES string of the molecule is COC(=O)C([C@H]1C=CC(OC)=C[C@H]1C)S(=O)(=O)c1ccccc1. The van der Waals surface area contributed by atoms with Gasteiger partial charge in [-0.1, -0.05) is 31.2 Å². The molecule has 1 aliphatic carbocycles. The average Bonchev–Trinajstić information content (AvgIpc) is 2.56. The topological polar surface area (TPSA) is 69.7 Å². The van der Waals surface area contributed by atoms with Crippen LogP contribution in [0, 0.1) is 11.8 Å². The molecular weight excluding hydrogens is 316 g/mol. The maximum Gasteiger partial charge on any atom is 0.325 e. The van der Waals surface area contributed by atoms with Gasteiger partial charge in [-0.05, 0) is 30.2 Å². The molecule has 1 aliphatic rings. The van der Waals surface area contributed by atoms with E-state index in [1.165, 1.54) is 19.2 Å². The van der Waals surface area contributed by atoms with Crippen molar-refractivity contribution in [2.75, 3.05) is 14.2 Å². The van der Waals surface area contributed by atoms with E-state index in [0.717, 1.165) is 0 Å². The first-order valence-electron chi connectivity index (χ1n) is 7.22. The molecule has 0 amide bonds. The predicted molar refractivity (Wildman–Crippen MR) is 86.3 cm³/mol. The molecule has 3 atom stereocenters. The third-order valence-electron chi connectivity index (χ3n) is 3.94. The third-order valence-corrected chi connectivity index (χ3v) is 6.05. The van der Waals surface area contributed by atoms with E-state index in [4.69, 9.17) is 9.47 Å². The Labute approximate surface area is 136 Å². The van der Waals surface area contributed by atoms with E-state index >= 15 is 0 Å². The molecule has 0 fully saturated rings. The smallest absolute Gasteiger partial charge is 0.325 e. The van der Waals surface area contributed by atoms with Crippen LogP contribution in [0.15, 0.2) is 59.2 Å². The Morgan fingerprint density at radius 1 is 1.17 bits per heavy atom. The lowest BCUT2D eigenvalue weighted by Crippen LogP contribution is -2.40. The Bertz CT molecular complexity index is 719. The first-order valence-corrected chi connectivity index (χ1v) is 8.77. The van der Waals surface area contributed by atoms with Gasteiger partial charge in [-0.3, -0.25) is 4.79 Å². The van der Waals surface area contributed by atoms with E-state index in [1.807, 2.05) is 6.92 Å². The summed E-state index contributed by atoms with van der Waals surface area (Å²) < 4.78 is 35.8. The minimum absolute atomic E-state index is 0.109. The van der Waals surface area contributed by atoms with Crippen LogP contribution < -0.4 is 0 Å². The molecule has 0 bridgehead atoms. The molecule has 1 aromatic carbocycles. The predicted octanol–water partition coefficient (Wildman–Crippen LogP) is 2.35. The molecule has 1 unspecified atom stereocenters. The first-order chi connectivity index (χ1) is 10.9. The van der Waals surface area contributed by atoms with Gasteiger partial charge in [0.2, 0.25) is 0 Å². The number of sulfone groups is 1. The van der Waals surface area contributed by atoms with Gasteiger partial charge in [0.25, 0.3) is 0 Å². The van der Waals surface area contributed by atoms with Gasteiger partial charge < -0.3 is 9.47 Å². The van der Waals surface area contributed by atoms with E-state index < -0.39 is 27.0 Å². The maximum atomic E-state index is 12.9. The maximum absolute atomic E-state index is 12.9. The zero-order valence-corrected chi connectivity index (χ0v) is 14.1. The van der Waals surface area contributed by atoms with E-state index in [9.17, 15) is 13.2 Å². The molecule has 0 N–H and O–H groups in total. The normalized spacial score (nSPS) is 22.1. The zero-order valence-electron chi connectivity index (χ0n) is 13.3.